The monoisotopic (exact) mass is 304 g/mol. The molecule has 0 aliphatic heterocycles. The van der Waals surface area contributed by atoms with Crippen molar-refractivity contribution in [3.05, 3.63) is 23.3 Å². The third kappa shape index (κ3) is 3.33. The van der Waals surface area contributed by atoms with E-state index in [2.05, 4.69) is 34.6 Å². The Bertz CT molecular complexity index is 535. The summed E-state index contributed by atoms with van der Waals surface area (Å²) in [5.74, 6) is 0.826. The third-order valence-electron chi connectivity index (χ3n) is 4.96. The van der Waals surface area contributed by atoms with E-state index < -0.39 is 7.12 Å². The zero-order chi connectivity index (χ0) is 16.5. The Morgan fingerprint density at radius 2 is 1.73 bits per heavy atom. The van der Waals surface area contributed by atoms with Crippen LogP contribution in [-0.2, 0) is 10.8 Å². The molecule has 2 N–H and O–H groups in total. The molecule has 122 valence electrons. The van der Waals surface area contributed by atoms with E-state index in [0.29, 0.717) is 12.1 Å². The molecule has 0 aromatic heterocycles. The molecule has 1 aliphatic carbocycles. The molecule has 0 saturated heterocycles. The van der Waals surface area contributed by atoms with Gasteiger partial charge in [-0.15, -0.1) is 0 Å². The summed E-state index contributed by atoms with van der Waals surface area (Å²) in [6.45, 7) is 11.8. The van der Waals surface area contributed by atoms with Crippen LogP contribution in [0.1, 0.15) is 71.4 Å². The smallest absolute Gasteiger partial charge is 0.488 e. The van der Waals surface area contributed by atoms with Crippen LogP contribution < -0.4 is 10.2 Å². The van der Waals surface area contributed by atoms with Crippen molar-refractivity contribution in [1.29, 1.82) is 0 Å². The lowest BCUT2D eigenvalue weighted by molar-refractivity contribution is 0.278. The topological polar surface area (TPSA) is 49.7 Å². The molecule has 2 rings (SSSR count). The number of ether oxygens (including phenoxy) is 1. The highest BCUT2D eigenvalue weighted by atomic mass is 16.5. The summed E-state index contributed by atoms with van der Waals surface area (Å²) in [5.41, 5.74) is 3.03. The van der Waals surface area contributed by atoms with Crippen molar-refractivity contribution in [2.24, 2.45) is 0 Å². The molecule has 1 aromatic carbocycles. The number of fused-ring (bicyclic) bond motifs is 1. The number of unbranched alkanes of at least 4 members (excludes halogenated alkanes) is 1. The molecule has 0 fully saturated rings. The van der Waals surface area contributed by atoms with Crippen molar-refractivity contribution < 1.29 is 14.8 Å². The van der Waals surface area contributed by atoms with Crippen LogP contribution in [0.5, 0.6) is 5.75 Å². The molecule has 0 radical (unpaired) electrons. The largest absolute Gasteiger partial charge is 0.493 e. The van der Waals surface area contributed by atoms with Crippen LogP contribution in [0.15, 0.2) is 12.1 Å². The van der Waals surface area contributed by atoms with Gasteiger partial charge in [0, 0.05) is 5.56 Å². The molecule has 0 spiro atoms. The molecule has 3 nitrogen and oxygen atoms in total. The predicted octanol–water partition coefficient (Wildman–Crippen LogP) is 2.89. The lowest BCUT2D eigenvalue weighted by atomic mass is 9.61. The molecular formula is C18H29BO3. The van der Waals surface area contributed by atoms with Gasteiger partial charge in [-0.25, -0.2) is 0 Å². The number of hydrogen-bond acceptors (Lipinski definition) is 3. The fourth-order valence-electron chi connectivity index (χ4n) is 3.34. The van der Waals surface area contributed by atoms with Gasteiger partial charge in [0.25, 0.3) is 0 Å². The van der Waals surface area contributed by atoms with Gasteiger partial charge in [-0.1, -0.05) is 47.1 Å². The van der Waals surface area contributed by atoms with Crippen molar-refractivity contribution in [3.8, 4) is 5.75 Å². The molecule has 22 heavy (non-hydrogen) atoms. The molecule has 0 saturated carbocycles. The fraction of sp³-hybridized carbons (Fsp3) is 0.667. The van der Waals surface area contributed by atoms with Gasteiger partial charge in [-0.2, -0.15) is 0 Å². The summed E-state index contributed by atoms with van der Waals surface area (Å²) in [6.07, 6.45) is 4.29. The van der Waals surface area contributed by atoms with E-state index in [9.17, 15) is 10.0 Å². The van der Waals surface area contributed by atoms with E-state index in [1.165, 1.54) is 11.1 Å². The van der Waals surface area contributed by atoms with Crippen LogP contribution in [0.3, 0.4) is 0 Å². The minimum atomic E-state index is -1.46. The second kappa shape index (κ2) is 6.25. The molecule has 0 amide bonds. The highest BCUT2D eigenvalue weighted by Gasteiger charge is 2.40. The minimum Gasteiger partial charge on any atom is -0.493 e. The average Bonchev–Trinajstić information content (AvgIpc) is 2.43. The summed E-state index contributed by atoms with van der Waals surface area (Å²) in [6, 6.07) is 3.76. The van der Waals surface area contributed by atoms with Gasteiger partial charge in [-0.3, -0.25) is 0 Å². The number of rotatable bonds is 5. The first kappa shape index (κ1) is 17.4. The Balaban J connectivity index is 2.57. The van der Waals surface area contributed by atoms with Crippen molar-refractivity contribution in [1.82, 2.24) is 0 Å². The summed E-state index contributed by atoms with van der Waals surface area (Å²) in [7, 11) is -1.46. The fourth-order valence-corrected chi connectivity index (χ4v) is 3.34. The van der Waals surface area contributed by atoms with Gasteiger partial charge >= 0.3 is 7.12 Å². The van der Waals surface area contributed by atoms with Crippen LogP contribution >= 0.6 is 0 Å². The number of hydrogen-bond donors (Lipinski definition) is 2. The van der Waals surface area contributed by atoms with Crippen LogP contribution in [-0.4, -0.2) is 23.8 Å². The first-order valence-electron chi connectivity index (χ1n) is 8.37. The van der Waals surface area contributed by atoms with Gasteiger partial charge in [0.15, 0.2) is 0 Å². The molecular weight excluding hydrogens is 275 g/mol. The van der Waals surface area contributed by atoms with Crippen LogP contribution in [0.4, 0.5) is 0 Å². The zero-order valence-corrected chi connectivity index (χ0v) is 14.6. The standard InChI is InChI=1S/C18H29BO3/c1-6-7-10-22-15-12-13(19(20)21)11-14-16(15)18(4,5)9-8-17(14,2)3/h11-12,20-21H,6-10H2,1-5H3. The first-order valence-corrected chi connectivity index (χ1v) is 8.37. The lowest BCUT2D eigenvalue weighted by Gasteiger charge is -2.43. The number of benzene rings is 1. The van der Waals surface area contributed by atoms with Crippen molar-refractivity contribution >= 4 is 12.6 Å². The molecule has 0 bridgehead atoms. The molecule has 1 aromatic rings. The lowest BCUT2D eigenvalue weighted by Crippen LogP contribution is -2.38. The third-order valence-corrected chi connectivity index (χ3v) is 4.96. The second-order valence-corrected chi connectivity index (χ2v) is 7.79. The highest BCUT2D eigenvalue weighted by molar-refractivity contribution is 6.58. The second-order valence-electron chi connectivity index (χ2n) is 7.79. The van der Waals surface area contributed by atoms with Crippen LogP contribution in [0.25, 0.3) is 0 Å². The summed E-state index contributed by atoms with van der Waals surface area (Å²) in [5, 5.41) is 19.2. The van der Waals surface area contributed by atoms with Gasteiger partial charge in [0.1, 0.15) is 5.75 Å². The van der Waals surface area contributed by atoms with Gasteiger partial charge in [0.2, 0.25) is 0 Å². The molecule has 4 heteroatoms. The van der Waals surface area contributed by atoms with E-state index in [4.69, 9.17) is 4.74 Å². The van der Waals surface area contributed by atoms with E-state index in [1.807, 2.05) is 12.1 Å². The van der Waals surface area contributed by atoms with Gasteiger partial charge in [0.05, 0.1) is 6.61 Å². The normalized spacial score (nSPS) is 18.7. The average molecular weight is 304 g/mol. The van der Waals surface area contributed by atoms with E-state index in [-0.39, 0.29) is 10.8 Å². The Labute approximate surface area is 134 Å². The summed E-state index contributed by atoms with van der Waals surface area (Å²) >= 11 is 0. The van der Waals surface area contributed by atoms with E-state index in [0.717, 1.165) is 31.4 Å². The maximum Gasteiger partial charge on any atom is 0.488 e. The van der Waals surface area contributed by atoms with Gasteiger partial charge < -0.3 is 14.8 Å². The minimum absolute atomic E-state index is 0.0264. The molecule has 0 atom stereocenters. The van der Waals surface area contributed by atoms with Crippen molar-refractivity contribution in [3.63, 3.8) is 0 Å². The molecule has 0 heterocycles. The Hall–Kier alpha value is -0.995. The maximum absolute atomic E-state index is 9.62. The van der Waals surface area contributed by atoms with E-state index >= 15 is 0 Å². The molecule has 0 unspecified atom stereocenters. The molecule has 1 aliphatic rings. The summed E-state index contributed by atoms with van der Waals surface area (Å²) in [4.78, 5) is 0. The quantitative estimate of drug-likeness (QED) is 0.649. The Morgan fingerprint density at radius 1 is 1.09 bits per heavy atom. The summed E-state index contributed by atoms with van der Waals surface area (Å²) < 4.78 is 6.04. The van der Waals surface area contributed by atoms with E-state index in [1.54, 1.807) is 0 Å². The van der Waals surface area contributed by atoms with Crippen LogP contribution in [0.2, 0.25) is 0 Å². The van der Waals surface area contributed by atoms with Gasteiger partial charge in [-0.05, 0) is 47.2 Å². The predicted molar refractivity (Wildman–Crippen MR) is 92.0 cm³/mol. The Kier molecular flexibility index (Phi) is 4.93. The van der Waals surface area contributed by atoms with Crippen LogP contribution in [0, 0.1) is 0 Å². The van der Waals surface area contributed by atoms with Crippen molar-refractivity contribution in [2.75, 3.05) is 6.61 Å². The van der Waals surface area contributed by atoms with Crippen molar-refractivity contribution in [2.45, 2.75) is 71.1 Å². The zero-order valence-electron chi connectivity index (χ0n) is 14.6. The highest BCUT2D eigenvalue weighted by Crippen LogP contribution is 2.48. The first-order chi connectivity index (χ1) is 10.2. The SMILES string of the molecule is CCCCOc1cc(B(O)O)cc2c1C(C)(C)CCC2(C)C. The Morgan fingerprint density at radius 3 is 2.32 bits per heavy atom. The maximum atomic E-state index is 9.62.